The normalized spacial score (nSPS) is 11.0. The lowest BCUT2D eigenvalue weighted by atomic mass is 10.0. The lowest BCUT2D eigenvalue weighted by Gasteiger charge is -2.10. The van der Waals surface area contributed by atoms with Crippen molar-refractivity contribution in [1.29, 1.82) is 0 Å². The van der Waals surface area contributed by atoms with E-state index in [1.807, 2.05) is 66.7 Å². The van der Waals surface area contributed by atoms with Gasteiger partial charge in [0.25, 0.3) is 0 Å². The molecule has 30 heavy (non-hydrogen) atoms. The molecule has 0 atom stereocenters. The maximum Gasteiger partial charge on any atom is 0.155 e. The van der Waals surface area contributed by atoms with Crippen molar-refractivity contribution in [3.8, 4) is 34.0 Å². The van der Waals surface area contributed by atoms with Gasteiger partial charge in [-0.05, 0) is 55.5 Å². The third kappa shape index (κ3) is 3.37. The predicted molar refractivity (Wildman–Crippen MR) is 120 cm³/mol. The first-order chi connectivity index (χ1) is 14.7. The molecule has 3 aromatic carbocycles. The van der Waals surface area contributed by atoms with Crippen molar-refractivity contribution in [2.45, 2.75) is 6.92 Å². The molecule has 0 saturated carbocycles. The summed E-state index contributed by atoms with van der Waals surface area (Å²) in [6.07, 6.45) is 0. The van der Waals surface area contributed by atoms with E-state index < -0.39 is 0 Å². The fraction of sp³-hybridized carbons (Fsp3) is 0.0400. The molecular formula is C25H20N4O. The summed E-state index contributed by atoms with van der Waals surface area (Å²) in [5, 5.41) is 8.05. The number of hydrogen-bond acceptors (Lipinski definition) is 4. The third-order valence-corrected chi connectivity index (χ3v) is 4.99. The van der Waals surface area contributed by atoms with Crippen molar-refractivity contribution in [1.82, 2.24) is 15.2 Å². The highest BCUT2D eigenvalue weighted by Crippen LogP contribution is 2.34. The van der Waals surface area contributed by atoms with Crippen LogP contribution in [-0.4, -0.2) is 15.2 Å². The number of para-hydroxylation sites is 1. The molecule has 0 fully saturated rings. The highest BCUT2D eigenvalue weighted by atomic mass is 16.5. The zero-order valence-electron chi connectivity index (χ0n) is 16.5. The Morgan fingerprint density at radius 2 is 1.57 bits per heavy atom. The fourth-order valence-electron chi connectivity index (χ4n) is 3.54. The second-order valence-electron chi connectivity index (χ2n) is 7.20. The minimum Gasteiger partial charge on any atom is -0.457 e. The maximum absolute atomic E-state index is 6.15. The smallest absolute Gasteiger partial charge is 0.155 e. The largest absolute Gasteiger partial charge is 0.457 e. The van der Waals surface area contributed by atoms with Gasteiger partial charge >= 0.3 is 0 Å². The van der Waals surface area contributed by atoms with Crippen LogP contribution in [0.25, 0.3) is 33.4 Å². The molecular weight excluding hydrogens is 372 g/mol. The molecule has 0 aliphatic rings. The van der Waals surface area contributed by atoms with E-state index in [4.69, 9.17) is 15.5 Å². The number of aromatic amines is 1. The van der Waals surface area contributed by atoms with Crippen LogP contribution < -0.4 is 10.5 Å². The van der Waals surface area contributed by atoms with Crippen molar-refractivity contribution in [3.63, 3.8) is 0 Å². The number of nitrogens with one attached hydrogen (secondary N) is 1. The number of nitrogen functional groups attached to an aromatic ring is 1. The predicted octanol–water partition coefficient (Wildman–Crippen LogP) is 5.97. The van der Waals surface area contributed by atoms with Gasteiger partial charge in [-0.25, -0.2) is 4.98 Å². The summed E-state index contributed by atoms with van der Waals surface area (Å²) in [5.74, 6) is 2.00. The maximum atomic E-state index is 6.15. The van der Waals surface area contributed by atoms with Gasteiger partial charge < -0.3 is 10.5 Å². The molecule has 3 N–H and O–H groups in total. The quantitative estimate of drug-likeness (QED) is 0.395. The van der Waals surface area contributed by atoms with Crippen LogP contribution in [0.1, 0.15) is 5.56 Å². The molecule has 146 valence electrons. The van der Waals surface area contributed by atoms with Crippen molar-refractivity contribution in [2.75, 3.05) is 5.73 Å². The molecule has 2 aromatic heterocycles. The average molecular weight is 392 g/mol. The van der Waals surface area contributed by atoms with Crippen LogP contribution in [0.4, 0.5) is 5.82 Å². The van der Waals surface area contributed by atoms with E-state index in [1.165, 1.54) is 5.56 Å². The Balaban J connectivity index is 1.58. The first-order valence-corrected chi connectivity index (χ1v) is 9.72. The number of pyridine rings is 1. The van der Waals surface area contributed by atoms with Gasteiger partial charge in [-0.1, -0.05) is 42.0 Å². The van der Waals surface area contributed by atoms with E-state index in [0.29, 0.717) is 5.82 Å². The minimum absolute atomic E-state index is 0.438. The summed E-state index contributed by atoms with van der Waals surface area (Å²) in [6.45, 7) is 2.07. The van der Waals surface area contributed by atoms with Gasteiger partial charge in [0.15, 0.2) is 5.82 Å². The molecule has 2 heterocycles. The number of ether oxygens (including phenoxy) is 1. The molecule has 0 bridgehead atoms. The van der Waals surface area contributed by atoms with Gasteiger partial charge in [0.1, 0.15) is 11.5 Å². The van der Waals surface area contributed by atoms with Crippen LogP contribution in [0.2, 0.25) is 0 Å². The average Bonchev–Trinajstić information content (AvgIpc) is 3.15. The van der Waals surface area contributed by atoms with Crippen molar-refractivity contribution in [3.05, 3.63) is 90.5 Å². The number of rotatable bonds is 4. The summed E-state index contributed by atoms with van der Waals surface area (Å²) in [4.78, 5) is 4.95. The van der Waals surface area contributed by atoms with E-state index in [9.17, 15) is 0 Å². The van der Waals surface area contributed by atoms with Crippen LogP contribution in [0.5, 0.6) is 11.5 Å². The van der Waals surface area contributed by atoms with Crippen molar-refractivity contribution >= 4 is 16.7 Å². The number of nitrogens with two attached hydrogens (primary N) is 1. The SMILES string of the molecule is Cc1cccc(-c2cc3[nH]nc(N)c3c(-c3ccc(Oc4ccccc4)cc3)n2)c1. The van der Waals surface area contributed by atoms with Gasteiger partial charge in [-0.2, -0.15) is 5.10 Å². The number of nitrogens with zero attached hydrogens (tertiary/aromatic N) is 2. The number of aromatic nitrogens is 3. The van der Waals surface area contributed by atoms with Crippen LogP contribution in [0.3, 0.4) is 0 Å². The van der Waals surface area contributed by atoms with E-state index in [2.05, 4.69) is 35.3 Å². The molecule has 5 heteroatoms. The molecule has 0 saturated heterocycles. The number of H-pyrrole nitrogens is 1. The van der Waals surface area contributed by atoms with Crippen LogP contribution in [0.15, 0.2) is 84.9 Å². The number of benzene rings is 3. The monoisotopic (exact) mass is 392 g/mol. The molecule has 0 aliphatic carbocycles. The second kappa shape index (κ2) is 7.37. The van der Waals surface area contributed by atoms with Gasteiger partial charge in [-0.3, -0.25) is 5.10 Å². The number of anilines is 1. The Hall–Kier alpha value is -4.12. The first kappa shape index (κ1) is 17.9. The Morgan fingerprint density at radius 3 is 2.33 bits per heavy atom. The minimum atomic E-state index is 0.438. The van der Waals surface area contributed by atoms with Crippen LogP contribution >= 0.6 is 0 Å². The Kier molecular flexibility index (Phi) is 4.41. The standard InChI is InChI=1S/C25H20N4O/c1-16-6-5-7-18(14-16)21-15-22-23(25(26)29-28-22)24(27-21)17-10-12-20(13-11-17)30-19-8-3-2-4-9-19/h2-15H,1H3,(H3,26,28,29). The van der Waals surface area contributed by atoms with E-state index in [1.54, 1.807) is 0 Å². The first-order valence-electron chi connectivity index (χ1n) is 9.72. The lowest BCUT2D eigenvalue weighted by molar-refractivity contribution is 0.483. The molecule has 0 aliphatic heterocycles. The van der Waals surface area contributed by atoms with Crippen molar-refractivity contribution < 1.29 is 4.74 Å². The van der Waals surface area contributed by atoms with Gasteiger partial charge in [0, 0.05) is 11.1 Å². The van der Waals surface area contributed by atoms with Gasteiger partial charge in [0.05, 0.1) is 22.3 Å². The molecule has 5 nitrogen and oxygen atoms in total. The van der Waals surface area contributed by atoms with Gasteiger partial charge in [0.2, 0.25) is 0 Å². The summed E-state index contributed by atoms with van der Waals surface area (Å²) < 4.78 is 5.91. The highest BCUT2D eigenvalue weighted by molar-refractivity contribution is 6.01. The summed E-state index contributed by atoms with van der Waals surface area (Å²) in [5.41, 5.74) is 11.9. The summed E-state index contributed by atoms with van der Waals surface area (Å²) >= 11 is 0. The van der Waals surface area contributed by atoms with Gasteiger partial charge in [-0.15, -0.1) is 0 Å². The summed E-state index contributed by atoms with van der Waals surface area (Å²) in [6, 6.07) is 27.8. The fourth-order valence-corrected chi connectivity index (χ4v) is 3.54. The molecule has 5 aromatic rings. The van der Waals surface area contributed by atoms with Crippen LogP contribution in [-0.2, 0) is 0 Å². The molecule has 0 unspecified atom stereocenters. The topological polar surface area (TPSA) is 76.8 Å². The Bertz CT molecular complexity index is 1320. The number of aryl methyl sites for hydroxylation is 1. The molecule has 0 amide bonds. The molecule has 0 radical (unpaired) electrons. The highest BCUT2D eigenvalue weighted by Gasteiger charge is 2.15. The van der Waals surface area contributed by atoms with E-state index >= 15 is 0 Å². The molecule has 5 rings (SSSR count). The zero-order valence-corrected chi connectivity index (χ0v) is 16.5. The Labute approximate surface area is 174 Å². The Morgan fingerprint density at radius 1 is 0.800 bits per heavy atom. The van der Waals surface area contributed by atoms with E-state index in [-0.39, 0.29) is 0 Å². The second-order valence-corrected chi connectivity index (χ2v) is 7.20. The zero-order chi connectivity index (χ0) is 20.5. The summed E-state index contributed by atoms with van der Waals surface area (Å²) in [7, 11) is 0. The lowest BCUT2D eigenvalue weighted by Crippen LogP contribution is -1.93. The third-order valence-electron chi connectivity index (χ3n) is 4.99. The number of fused-ring (bicyclic) bond motifs is 1. The van der Waals surface area contributed by atoms with Crippen LogP contribution in [0, 0.1) is 6.92 Å². The number of hydrogen-bond donors (Lipinski definition) is 2. The van der Waals surface area contributed by atoms with E-state index in [0.717, 1.165) is 44.9 Å². The molecule has 0 spiro atoms. The van der Waals surface area contributed by atoms with Crippen molar-refractivity contribution in [2.24, 2.45) is 0 Å².